The SMILES string of the molecule is Cc1ccc([C@@H]2Oc3ccc(Br)cc3[C@@H]3CC(c4ccc(C)o4)=NN32)cc1. The summed E-state index contributed by atoms with van der Waals surface area (Å²) >= 11 is 3.59. The van der Waals surface area contributed by atoms with E-state index in [4.69, 9.17) is 14.3 Å². The minimum atomic E-state index is -0.252. The van der Waals surface area contributed by atoms with Gasteiger partial charge in [0.1, 0.15) is 23.0 Å². The van der Waals surface area contributed by atoms with Crippen molar-refractivity contribution < 1.29 is 9.15 Å². The molecule has 2 aliphatic heterocycles. The molecular formula is C22H19BrN2O2. The lowest BCUT2D eigenvalue weighted by molar-refractivity contribution is -0.0190. The van der Waals surface area contributed by atoms with Gasteiger partial charge < -0.3 is 9.15 Å². The van der Waals surface area contributed by atoms with Crippen LogP contribution in [0.15, 0.2) is 68.6 Å². The fourth-order valence-corrected chi connectivity index (χ4v) is 4.13. The van der Waals surface area contributed by atoms with Crippen LogP contribution in [0.2, 0.25) is 0 Å². The predicted octanol–water partition coefficient (Wildman–Crippen LogP) is 5.90. The van der Waals surface area contributed by atoms with Gasteiger partial charge in [-0.1, -0.05) is 45.8 Å². The fourth-order valence-electron chi connectivity index (χ4n) is 3.75. The quantitative estimate of drug-likeness (QED) is 0.515. The Hall–Kier alpha value is -2.53. The Bertz CT molecular complexity index is 1040. The number of hydrazone groups is 1. The number of rotatable bonds is 2. The zero-order valence-corrected chi connectivity index (χ0v) is 16.7. The Kier molecular flexibility index (Phi) is 3.86. The number of furan rings is 1. The number of ether oxygens (including phenoxy) is 1. The second kappa shape index (κ2) is 6.27. The maximum Gasteiger partial charge on any atom is 0.213 e. The summed E-state index contributed by atoms with van der Waals surface area (Å²) in [5.41, 5.74) is 4.43. The molecule has 5 rings (SSSR count). The summed E-state index contributed by atoms with van der Waals surface area (Å²) in [5, 5.41) is 6.99. The minimum absolute atomic E-state index is 0.123. The van der Waals surface area contributed by atoms with E-state index in [0.29, 0.717) is 0 Å². The predicted molar refractivity (Wildman–Crippen MR) is 108 cm³/mol. The van der Waals surface area contributed by atoms with E-state index in [1.54, 1.807) is 0 Å². The molecule has 0 spiro atoms. The molecule has 2 aliphatic rings. The highest BCUT2D eigenvalue weighted by molar-refractivity contribution is 9.10. The minimum Gasteiger partial charge on any atom is -0.464 e. The average molecular weight is 423 g/mol. The molecule has 0 fully saturated rings. The van der Waals surface area contributed by atoms with E-state index < -0.39 is 0 Å². The molecule has 0 radical (unpaired) electrons. The number of hydrogen-bond acceptors (Lipinski definition) is 4. The van der Waals surface area contributed by atoms with Gasteiger partial charge in [0, 0.05) is 22.0 Å². The number of fused-ring (bicyclic) bond motifs is 3. The van der Waals surface area contributed by atoms with Gasteiger partial charge in [-0.3, -0.25) is 0 Å². The Balaban J connectivity index is 1.60. The number of benzene rings is 2. The maximum absolute atomic E-state index is 6.38. The van der Waals surface area contributed by atoms with Crippen molar-refractivity contribution in [1.29, 1.82) is 0 Å². The lowest BCUT2D eigenvalue weighted by atomic mass is 9.97. The Morgan fingerprint density at radius 3 is 2.59 bits per heavy atom. The summed E-state index contributed by atoms with van der Waals surface area (Å²) in [4.78, 5) is 0. The number of halogens is 1. The molecule has 0 amide bonds. The van der Waals surface area contributed by atoms with Gasteiger partial charge in [-0.25, -0.2) is 5.01 Å². The molecule has 136 valence electrons. The van der Waals surface area contributed by atoms with Gasteiger partial charge in [0.05, 0.1) is 6.04 Å². The van der Waals surface area contributed by atoms with Crippen LogP contribution in [0.5, 0.6) is 5.75 Å². The van der Waals surface area contributed by atoms with E-state index in [1.807, 2.05) is 31.2 Å². The van der Waals surface area contributed by atoms with E-state index in [0.717, 1.165) is 45.0 Å². The molecule has 0 saturated carbocycles. The van der Waals surface area contributed by atoms with Crippen molar-refractivity contribution in [3.8, 4) is 5.75 Å². The molecule has 27 heavy (non-hydrogen) atoms. The van der Waals surface area contributed by atoms with Gasteiger partial charge in [-0.15, -0.1) is 0 Å². The van der Waals surface area contributed by atoms with Crippen LogP contribution in [-0.4, -0.2) is 10.7 Å². The molecule has 0 aliphatic carbocycles. The van der Waals surface area contributed by atoms with Crippen molar-refractivity contribution in [3.05, 3.63) is 87.3 Å². The lowest BCUT2D eigenvalue weighted by Crippen LogP contribution is -2.33. The number of nitrogens with zero attached hydrogens (tertiary/aromatic N) is 2. The van der Waals surface area contributed by atoms with Crippen molar-refractivity contribution in [2.45, 2.75) is 32.5 Å². The van der Waals surface area contributed by atoms with Gasteiger partial charge >= 0.3 is 0 Å². The second-order valence-corrected chi connectivity index (χ2v) is 8.04. The number of aryl methyl sites for hydroxylation is 2. The van der Waals surface area contributed by atoms with Crippen molar-refractivity contribution in [3.63, 3.8) is 0 Å². The van der Waals surface area contributed by atoms with Crippen LogP contribution >= 0.6 is 15.9 Å². The standard InChI is InChI=1S/C22H19BrN2O2/c1-13-3-6-15(7-4-13)22-25-19(17-11-16(23)8-10-20(17)27-22)12-18(24-25)21-9-5-14(2)26-21/h3-11,19,22H,12H2,1-2H3/t19-,22-/m0/s1. The van der Waals surface area contributed by atoms with E-state index in [2.05, 4.69) is 58.2 Å². The third kappa shape index (κ3) is 2.86. The van der Waals surface area contributed by atoms with Gasteiger partial charge in [-0.2, -0.15) is 5.10 Å². The van der Waals surface area contributed by atoms with Crippen LogP contribution in [-0.2, 0) is 0 Å². The van der Waals surface area contributed by atoms with Crippen molar-refractivity contribution in [2.75, 3.05) is 0 Å². The van der Waals surface area contributed by atoms with Crippen LogP contribution in [0.3, 0.4) is 0 Å². The summed E-state index contributed by atoms with van der Waals surface area (Å²) in [6, 6.07) is 18.7. The first-order valence-corrected chi connectivity index (χ1v) is 9.83. The fraction of sp³-hybridized carbons (Fsp3) is 0.227. The Morgan fingerprint density at radius 2 is 1.85 bits per heavy atom. The summed E-state index contributed by atoms with van der Waals surface area (Å²) < 4.78 is 13.3. The van der Waals surface area contributed by atoms with E-state index in [1.165, 1.54) is 5.56 Å². The highest BCUT2D eigenvalue weighted by Crippen LogP contribution is 2.48. The molecule has 1 aromatic heterocycles. The van der Waals surface area contributed by atoms with Crippen LogP contribution in [0, 0.1) is 13.8 Å². The largest absolute Gasteiger partial charge is 0.464 e. The van der Waals surface area contributed by atoms with Crippen LogP contribution in [0.4, 0.5) is 0 Å². The Morgan fingerprint density at radius 1 is 1.04 bits per heavy atom. The first kappa shape index (κ1) is 16.6. The van der Waals surface area contributed by atoms with Gasteiger partial charge in [0.15, 0.2) is 0 Å². The van der Waals surface area contributed by atoms with E-state index in [-0.39, 0.29) is 12.3 Å². The molecule has 0 saturated heterocycles. The Labute approximate surface area is 166 Å². The molecule has 3 aromatic rings. The molecule has 3 heterocycles. The van der Waals surface area contributed by atoms with Crippen molar-refractivity contribution in [2.24, 2.45) is 5.10 Å². The molecule has 2 atom stereocenters. The number of hydrogen-bond donors (Lipinski definition) is 0. The van der Waals surface area contributed by atoms with Crippen LogP contribution < -0.4 is 4.74 Å². The molecular weight excluding hydrogens is 404 g/mol. The average Bonchev–Trinajstić information content (AvgIpc) is 3.28. The van der Waals surface area contributed by atoms with E-state index >= 15 is 0 Å². The smallest absolute Gasteiger partial charge is 0.213 e. The van der Waals surface area contributed by atoms with Gasteiger partial charge in [0.25, 0.3) is 0 Å². The molecule has 5 heteroatoms. The molecule has 0 unspecified atom stereocenters. The van der Waals surface area contributed by atoms with Crippen LogP contribution in [0.1, 0.15) is 46.9 Å². The van der Waals surface area contributed by atoms with Crippen molar-refractivity contribution >= 4 is 21.6 Å². The van der Waals surface area contributed by atoms with Crippen LogP contribution in [0.25, 0.3) is 0 Å². The first-order chi connectivity index (χ1) is 13.1. The molecule has 0 bridgehead atoms. The first-order valence-electron chi connectivity index (χ1n) is 9.04. The van der Waals surface area contributed by atoms with Gasteiger partial charge in [0.2, 0.25) is 6.23 Å². The molecule has 0 N–H and O–H groups in total. The summed E-state index contributed by atoms with van der Waals surface area (Å²) in [5.74, 6) is 2.64. The van der Waals surface area contributed by atoms with Gasteiger partial charge in [-0.05, 0) is 44.2 Å². The monoisotopic (exact) mass is 422 g/mol. The third-order valence-corrected chi connectivity index (χ3v) is 5.63. The molecule has 2 aromatic carbocycles. The summed E-state index contributed by atoms with van der Waals surface area (Å²) in [7, 11) is 0. The summed E-state index contributed by atoms with van der Waals surface area (Å²) in [6.45, 7) is 4.05. The summed E-state index contributed by atoms with van der Waals surface area (Å²) in [6.07, 6.45) is 0.542. The molecule has 4 nitrogen and oxygen atoms in total. The lowest BCUT2D eigenvalue weighted by Gasteiger charge is -2.38. The maximum atomic E-state index is 6.38. The topological polar surface area (TPSA) is 38.0 Å². The highest BCUT2D eigenvalue weighted by atomic mass is 79.9. The highest BCUT2D eigenvalue weighted by Gasteiger charge is 2.41. The van der Waals surface area contributed by atoms with E-state index in [9.17, 15) is 0 Å². The second-order valence-electron chi connectivity index (χ2n) is 7.12. The zero-order valence-electron chi connectivity index (χ0n) is 15.1. The van der Waals surface area contributed by atoms with Crippen molar-refractivity contribution in [1.82, 2.24) is 5.01 Å². The zero-order chi connectivity index (χ0) is 18.5. The third-order valence-electron chi connectivity index (χ3n) is 5.14. The normalized spacial score (nSPS) is 20.7.